The van der Waals surface area contributed by atoms with Gasteiger partial charge in [-0.3, -0.25) is 4.98 Å². The summed E-state index contributed by atoms with van der Waals surface area (Å²) in [6, 6.07) is 0. The van der Waals surface area contributed by atoms with E-state index in [2.05, 4.69) is 20.9 Å². The van der Waals surface area contributed by atoms with Crippen LogP contribution in [0.1, 0.15) is 5.56 Å². The average molecular weight is 241 g/mol. The molecule has 0 N–H and O–H groups in total. The van der Waals surface area contributed by atoms with Crippen LogP contribution in [0.25, 0.3) is 0 Å². The summed E-state index contributed by atoms with van der Waals surface area (Å²) in [6.07, 6.45) is 3.24. The van der Waals surface area contributed by atoms with E-state index in [0.717, 1.165) is 10.0 Å². The van der Waals surface area contributed by atoms with Crippen molar-refractivity contribution in [3.05, 3.63) is 27.5 Å². The number of halogens is 3. The van der Waals surface area contributed by atoms with Crippen molar-refractivity contribution >= 4 is 39.1 Å². The highest BCUT2D eigenvalue weighted by molar-refractivity contribution is 9.10. The van der Waals surface area contributed by atoms with Gasteiger partial charge >= 0.3 is 0 Å². The summed E-state index contributed by atoms with van der Waals surface area (Å²) in [5.74, 6) is 0.405. The van der Waals surface area contributed by atoms with Gasteiger partial charge < -0.3 is 0 Å². The number of nitrogens with zero attached hydrogens (tertiary/aromatic N) is 1. The average Bonchev–Trinajstić information content (AvgIpc) is 1.88. The summed E-state index contributed by atoms with van der Waals surface area (Å²) in [6.45, 7) is 0. The predicted octanol–water partition coefficient (Wildman–Crippen LogP) is 3.24. The number of hydrogen-bond acceptors (Lipinski definition) is 1. The van der Waals surface area contributed by atoms with E-state index in [9.17, 15) is 0 Å². The maximum absolute atomic E-state index is 5.75. The Morgan fingerprint density at radius 1 is 1.50 bits per heavy atom. The fraction of sp³-hybridized carbons (Fsp3) is 0.167. The van der Waals surface area contributed by atoms with Crippen LogP contribution >= 0.6 is 39.1 Å². The Hall–Kier alpha value is 0.210. The Morgan fingerprint density at radius 3 is 2.60 bits per heavy atom. The van der Waals surface area contributed by atoms with E-state index < -0.39 is 0 Å². The molecule has 0 saturated carbocycles. The first kappa shape index (κ1) is 8.31. The molecule has 1 rings (SSSR count). The topological polar surface area (TPSA) is 12.9 Å². The van der Waals surface area contributed by atoms with Crippen molar-refractivity contribution in [3.8, 4) is 0 Å². The van der Waals surface area contributed by atoms with Crippen LogP contribution in [-0.2, 0) is 5.88 Å². The van der Waals surface area contributed by atoms with Crippen molar-refractivity contribution in [1.29, 1.82) is 0 Å². The fourth-order valence-electron chi connectivity index (χ4n) is 0.566. The highest BCUT2D eigenvalue weighted by atomic mass is 79.9. The minimum atomic E-state index is 0.405. The molecule has 0 saturated heterocycles. The highest BCUT2D eigenvalue weighted by Crippen LogP contribution is 2.24. The Balaban J connectivity index is 3.17. The van der Waals surface area contributed by atoms with Gasteiger partial charge in [0.25, 0.3) is 0 Å². The van der Waals surface area contributed by atoms with Crippen LogP contribution in [0.15, 0.2) is 16.9 Å². The van der Waals surface area contributed by atoms with E-state index in [1.807, 2.05) is 0 Å². The van der Waals surface area contributed by atoms with Crippen molar-refractivity contribution in [2.45, 2.75) is 5.88 Å². The SMILES string of the molecule is ClCc1c(Cl)cncc1Br. The van der Waals surface area contributed by atoms with E-state index in [4.69, 9.17) is 23.2 Å². The van der Waals surface area contributed by atoms with E-state index >= 15 is 0 Å². The van der Waals surface area contributed by atoms with Gasteiger partial charge in [-0.2, -0.15) is 0 Å². The van der Waals surface area contributed by atoms with Gasteiger partial charge in [0, 0.05) is 22.4 Å². The molecular formula is C6H4BrCl2N. The minimum absolute atomic E-state index is 0.405. The Morgan fingerprint density at radius 2 is 2.20 bits per heavy atom. The lowest BCUT2D eigenvalue weighted by atomic mass is 10.3. The Bertz CT molecular complexity index is 219. The lowest BCUT2D eigenvalue weighted by Gasteiger charge is -1.99. The van der Waals surface area contributed by atoms with Crippen LogP contribution in [0.5, 0.6) is 0 Å². The second-order valence-electron chi connectivity index (χ2n) is 1.72. The zero-order valence-electron chi connectivity index (χ0n) is 4.94. The van der Waals surface area contributed by atoms with E-state index in [0.29, 0.717) is 10.9 Å². The molecule has 0 aromatic carbocycles. The summed E-state index contributed by atoms with van der Waals surface area (Å²) in [5.41, 5.74) is 0.887. The maximum atomic E-state index is 5.75. The second kappa shape index (κ2) is 3.56. The number of alkyl halides is 1. The molecule has 0 radical (unpaired) electrons. The Labute approximate surface area is 77.5 Å². The van der Waals surface area contributed by atoms with Gasteiger partial charge in [-0.05, 0) is 15.9 Å². The van der Waals surface area contributed by atoms with Gasteiger partial charge in [0.05, 0.1) is 10.9 Å². The zero-order valence-corrected chi connectivity index (χ0v) is 8.04. The predicted molar refractivity (Wildman–Crippen MR) is 46.5 cm³/mol. The summed E-state index contributed by atoms with van der Waals surface area (Å²) in [4.78, 5) is 3.85. The first-order chi connectivity index (χ1) is 4.75. The fourth-order valence-corrected chi connectivity index (χ4v) is 1.89. The third-order valence-corrected chi connectivity index (χ3v) is 2.36. The molecule has 10 heavy (non-hydrogen) atoms. The van der Waals surface area contributed by atoms with Crippen LogP contribution in [0.4, 0.5) is 0 Å². The molecule has 0 atom stereocenters. The lowest BCUT2D eigenvalue weighted by molar-refractivity contribution is 1.24. The van der Waals surface area contributed by atoms with Crippen LogP contribution in [0.2, 0.25) is 5.02 Å². The summed E-state index contributed by atoms with van der Waals surface area (Å²) < 4.78 is 0.856. The normalized spacial score (nSPS) is 9.90. The van der Waals surface area contributed by atoms with Gasteiger partial charge in [-0.15, -0.1) is 11.6 Å². The minimum Gasteiger partial charge on any atom is -0.262 e. The zero-order chi connectivity index (χ0) is 7.56. The van der Waals surface area contributed by atoms with Crippen molar-refractivity contribution in [2.75, 3.05) is 0 Å². The first-order valence-corrected chi connectivity index (χ1v) is 4.30. The highest BCUT2D eigenvalue weighted by Gasteiger charge is 2.02. The number of rotatable bonds is 1. The van der Waals surface area contributed by atoms with Gasteiger partial charge in [0.1, 0.15) is 0 Å². The monoisotopic (exact) mass is 239 g/mol. The van der Waals surface area contributed by atoms with Gasteiger partial charge in [-0.25, -0.2) is 0 Å². The van der Waals surface area contributed by atoms with Crippen molar-refractivity contribution < 1.29 is 0 Å². The molecular weight excluding hydrogens is 237 g/mol. The molecule has 0 amide bonds. The summed E-state index contributed by atoms with van der Waals surface area (Å²) in [5, 5.41) is 0.601. The number of aromatic nitrogens is 1. The van der Waals surface area contributed by atoms with Gasteiger partial charge in [0.15, 0.2) is 0 Å². The number of pyridine rings is 1. The molecule has 1 nitrogen and oxygen atoms in total. The smallest absolute Gasteiger partial charge is 0.0644 e. The van der Waals surface area contributed by atoms with E-state index in [-0.39, 0.29) is 0 Å². The molecule has 0 aliphatic carbocycles. The van der Waals surface area contributed by atoms with Crippen molar-refractivity contribution in [3.63, 3.8) is 0 Å². The van der Waals surface area contributed by atoms with E-state index in [1.54, 1.807) is 12.4 Å². The largest absolute Gasteiger partial charge is 0.262 e. The molecule has 0 aliphatic rings. The Kier molecular flexibility index (Phi) is 2.96. The second-order valence-corrected chi connectivity index (χ2v) is 3.24. The van der Waals surface area contributed by atoms with Gasteiger partial charge in [0.2, 0.25) is 0 Å². The van der Waals surface area contributed by atoms with E-state index in [1.165, 1.54) is 0 Å². The lowest BCUT2D eigenvalue weighted by Crippen LogP contribution is -1.83. The molecule has 0 aliphatic heterocycles. The third kappa shape index (κ3) is 1.62. The molecule has 0 spiro atoms. The van der Waals surface area contributed by atoms with Crippen LogP contribution in [-0.4, -0.2) is 4.98 Å². The third-order valence-electron chi connectivity index (χ3n) is 1.09. The summed E-state index contributed by atoms with van der Waals surface area (Å²) in [7, 11) is 0. The first-order valence-electron chi connectivity index (χ1n) is 2.59. The molecule has 4 heteroatoms. The molecule has 54 valence electrons. The molecule has 0 fully saturated rings. The standard InChI is InChI=1S/C6H4BrCl2N/c7-5-2-10-3-6(9)4(5)1-8/h2-3H,1H2. The quantitative estimate of drug-likeness (QED) is 0.687. The summed E-state index contributed by atoms with van der Waals surface area (Å²) >= 11 is 14.6. The van der Waals surface area contributed by atoms with Gasteiger partial charge in [-0.1, -0.05) is 11.6 Å². The molecule has 1 aromatic rings. The molecule has 0 unspecified atom stereocenters. The van der Waals surface area contributed by atoms with Crippen molar-refractivity contribution in [2.24, 2.45) is 0 Å². The maximum Gasteiger partial charge on any atom is 0.0644 e. The number of hydrogen-bond donors (Lipinski definition) is 0. The van der Waals surface area contributed by atoms with Crippen molar-refractivity contribution in [1.82, 2.24) is 4.98 Å². The molecule has 1 heterocycles. The molecule has 1 aromatic heterocycles. The van der Waals surface area contributed by atoms with Crippen LogP contribution in [0, 0.1) is 0 Å². The van der Waals surface area contributed by atoms with Crippen LogP contribution in [0.3, 0.4) is 0 Å². The molecule has 0 bridgehead atoms. The van der Waals surface area contributed by atoms with Crippen LogP contribution < -0.4 is 0 Å².